The Balaban J connectivity index is 2.18. The van der Waals surface area contributed by atoms with E-state index in [-0.39, 0.29) is 0 Å². The van der Waals surface area contributed by atoms with Crippen molar-refractivity contribution in [3.05, 3.63) is 23.2 Å². The molecule has 0 unspecified atom stereocenters. The Morgan fingerprint density at radius 3 is 2.56 bits per heavy atom. The van der Waals surface area contributed by atoms with Crippen molar-refractivity contribution >= 4 is 17.6 Å². The second-order valence-electron chi connectivity index (χ2n) is 4.30. The summed E-state index contributed by atoms with van der Waals surface area (Å²) in [6.45, 7) is 0. The fourth-order valence-electron chi connectivity index (χ4n) is 2.30. The third-order valence-corrected chi connectivity index (χ3v) is 3.40. The number of halogens is 1. The van der Waals surface area contributed by atoms with Gasteiger partial charge < -0.3 is 5.11 Å². The fourth-order valence-corrected chi connectivity index (χ4v) is 2.39. The number of aromatic nitrogens is 2. The Bertz CT molecular complexity index is 385. The molecule has 86 valence electrons. The van der Waals surface area contributed by atoms with Gasteiger partial charge in [0.1, 0.15) is 5.15 Å². The summed E-state index contributed by atoms with van der Waals surface area (Å²) < 4.78 is 0. The first-order chi connectivity index (χ1) is 7.62. The normalized spacial score (nSPS) is 18.6. The largest absolute Gasteiger partial charge is 0.481 e. The Kier molecular flexibility index (Phi) is 3.10. The van der Waals surface area contributed by atoms with Crippen molar-refractivity contribution < 1.29 is 9.90 Å². The van der Waals surface area contributed by atoms with E-state index in [0.29, 0.717) is 17.3 Å². The highest BCUT2D eigenvalue weighted by atomic mass is 35.5. The van der Waals surface area contributed by atoms with Crippen LogP contribution in [-0.2, 0) is 11.2 Å². The van der Waals surface area contributed by atoms with Crippen molar-refractivity contribution in [1.29, 1.82) is 0 Å². The third-order valence-electron chi connectivity index (χ3n) is 3.21. The van der Waals surface area contributed by atoms with Crippen LogP contribution in [0.15, 0.2) is 12.4 Å². The summed E-state index contributed by atoms with van der Waals surface area (Å²) in [5, 5.41) is 9.64. The maximum absolute atomic E-state index is 11.3. The molecule has 0 amide bonds. The van der Waals surface area contributed by atoms with E-state index < -0.39 is 11.4 Å². The average molecular weight is 241 g/mol. The van der Waals surface area contributed by atoms with Crippen LogP contribution in [0, 0.1) is 5.41 Å². The van der Waals surface area contributed by atoms with Crippen LogP contribution in [0.1, 0.15) is 31.4 Å². The standard InChI is InChI=1S/C11H13ClN2O2/c12-9-7-13-8(6-14-9)5-11(10(15)16)3-1-2-4-11/h6-7H,1-5H2,(H,15,16). The molecule has 0 spiro atoms. The van der Waals surface area contributed by atoms with Crippen LogP contribution in [0.25, 0.3) is 0 Å². The highest BCUT2D eigenvalue weighted by molar-refractivity contribution is 6.29. The summed E-state index contributed by atoms with van der Waals surface area (Å²) in [5.41, 5.74) is 0.0661. The topological polar surface area (TPSA) is 63.1 Å². The number of aliphatic carboxylic acids is 1. The van der Waals surface area contributed by atoms with Gasteiger partial charge >= 0.3 is 5.97 Å². The molecule has 0 atom stereocenters. The lowest BCUT2D eigenvalue weighted by atomic mass is 9.82. The van der Waals surface area contributed by atoms with Gasteiger partial charge in [-0.1, -0.05) is 24.4 Å². The van der Waals surface area contributed by atoms with Gasteiger partial charge in [-0.15, -0.1) is 0 Å². The highest BCUT2D eigenvalue weighted by Crippen LogP contribution is 2.40. The van der Waals surface area contributed by atoms with Gasteiger partial charge in [0.05, 0.1) is 23.5 Å². The molecule has 4 nitrogen and oxygen atoms in total. The Morgan fingerprint density at radius 2 is 2.06 bits per heavy atom. The zero-order valence-electron chi connectivity index (χ0n) is 8.82. The average Bonchev–Trinajstić information content (AvgIpc) is 2.71. The molecule has 0 aromatic carbocycles. The first kappa shape index (κ1) is 11.3. The molecule has 1 aromatic rings. The number of hydrogen-bond acceptors (Lipinski definition) is 3. The molecular weight excluding hydrogens is 228 g/mol. The van der Waals surface area contributed by atoms with Crippen molar-refractivity contribution in [3.63, 3.8) is 0 Å². The van der Waals surface area contributed by atoms with E-state index in [4.69, 9.17) is 11.6 Å². The molecule has 16 heavy (non-hydrogen) atoms. The summed E-state index contributed by atoms with van der Waals surface area (Å²) >= 11 is 5.64. The van der Waals surface area contributed by atoms with Crippen molar-refractivity contribution in [1.82, 2.24) is 9.97 Å². The van der Waals surface area contributed by atoms with Gasteiger partial charge in [0.2, 0.25) is 0 Å². The lowest BCUT2D eigenvalue weighted by Gasteiger charge is -2.22. The van der Waals surface area contributed by atoms with Crippen LogP contribution in [0.5, 0.6) is 0 Å². The number of rotatable bonds is 3. The van der Waals surface area contributed by atoms with Gasteiger partial charge in [0, 0.05) is 6.42 Å². The predicted octanol–water partition coefficient (Wildman–Crippen LogP) is 2.32. The zero-order chi connectivity index (χ0) is 11.6. The van der Waals surface area contributed by atoms with Gasteiger partial charge in [-0.3, -0.25) is 9.78 Å². The van der Waals surface area contributed by atoms with E-state index in [1.807, 2.05) is 0 Å². The van der Waals surface area contributed by atoms with Crippen molar-refractivity contribution in [2.45, 2.75) is 32.1 Å². The van der Waals surface area contributed by atoms with E-state index in [9.17, 15) is 9.90 Å². The molecule has 0 bridgehead atoms. The molecule has 1 N–H and O–H groups in total. The lowest BCUT2D eigenvalue weighted by Crippen LogP contribution is -2.30. The zero-order valence-corrected chi connectivity index (χ0v) is 9.57. The summed E-state index contributed by atoms with van der Waals surface area (Å²) in [4.78, 5) is 19.4. The maximum Gasteiger partial charge on any atom is 0.310 e. The second kappa shape index (κ2) is 4.37. The molecular formula is C11H13ClN2O2. The molecule has 0 aliphatic heterocycles. The second-order valence-corrected chi connectivity index (χ2v) is 4.69. The van der Waals surface area contributed by atoms with E-state index in [1.54, 1.807) is 6.20 Å². The minimum absolute atomic E-state index is 0.333. The molecule has 0 radical (unpaired) electrons. The summed E-state index contributed by atoms with van der Waals surface area (Å²) in [6.07, 6.45) is 6.89. The number of nitrogens with zero attached hydrogens (tertiary/aromatic N) is 2. The molecule has 1 aliphatic rings. The van der Waals surface area contributed by atoms with Crippen LogP contribution < -0.4 is 0 Å². The van der Waals surface area contributed by atoms with Gasteiger partial charge in [0.15, 0.2) is 0 Å². The van der Waals surface area contributed by atoms with Gasteiger partial charge in [-0.2, -0.15) is 0 Å². The molecule has 1 saturated carbocycles. The van der Waals surface area contributed by atoms with Gasteiger partial charge in [0.25, 0.3) is 0 Å². The first-order valence-corrected chi connectivity index (χ1v) is 5.70. The first-order valence-electron chi connectivity index (χ1n) is 5.32. The molecule has 1 fully saturated rings. The quantitative estimate of drug-likeness (QED) is 0.881. The number of carboxylic acids is 1. The molecule has 1 heterocycles. The van der Waals surface area contributed by atoms with Crippen LogP contribution in [0.2, 0.25) is 5.15 Å². The van der Waals surface area contributed by atoms with E-state index in [2.05, 4.69) is 9.97 Å². The molecule has 5 heteroatoms. The van der Waals surface area contributed by atoms with Crippen molar-refractivity contribution in [2.75, 3.05) is 0 Å². The van der Waals surface area contributed by atoms with Gasteiger partial charge in [-0.25, -0.2) is 4.98 Å². The van der Waals surface area contributed by atoms with E-state index >= 15 is 0 Å². The minimum Gasteiger partial charge on any atom is -0.481 e. The third kappa shape index (κ3) is 2.16. The number of hydrogen-bond donors (Lipinski definition) is 1. The summed E-state index contributed by atoms with van der Waals surface area (Å²) in [6, 6.07) is 0. The Labute approximate surface area is 98.7 Å². The molecule has 2 rings (SSSR count). The number of carbonyl (C=O) groups is 1. The molecule has 1 aliphatic carbocycles. The predicted molar refractivity (Wildman–Crippen MR) is 59.3 cm³/mol. The monoisotopic (exact) mass is 240 g/mol. The maximum atomic E-state index is 11.3. The number of carboxylic acid groups (broad SMARTS) is 1. The van der Waals surface area contributed by atoms with Crippen molar-refractivity contribution in [3.8, 4) is 0 Å². The highest BCUT2D eigenvalue weighted by Gasteiger charge is 2.41. The summed E-state index contributed by atoms with van der Waals surface area (Å²) in [5.74, 6) is -0.721. The van der Waals surface area contributed by atoms with Gasteiger partial charge in [-0.05, 0) is 12.8 Å². The molecule has 1 aromatic heterocycles. The fraction of sp³-hybridized carbons (Fsp3) is 0.545. The molecule has 0 saturated heterocycles. The van der Waals surface area contributed by atoms with Crippen molar-refractivity contribution in [2.24, 2.45) is 5.41 Å². The smallest absolute Gasteiger partial charge is 0.310 e. The van der Waals surface area contributed by atoms with E-state index in [1.165, 1.54) is 6.20 Å². The summed E-state index contributed by atoms with van der Waals surface area (Å²) in [7, 11) is 0. The van der Waals surface area contributed by atoms with Crippen LogP contribution in [0.4, 0.5) is 0 Å². The Hall–Kier alpha value is -1.16. The Morgan fingerprint density at radius 1 is 1.38 bits per heavy atom. The van der Waals surface area contributed by atoms with Crippen LogP contribution in [-0.4, -0.2) is 21.0 Å². The SMILES string of the molecule is O=C(O)C1(Cc2cnc(Cl)cn2)CCCC1. The van der Waals surface area contributed by atoms with Crippen LogP contribution >= 0.6 is 11.6 Å². The van der Waals surface area contributed by atoms with Crippen LogP contribution in [0.3, 0.4) is 0 Å². The minimum atomic E-state index is -0.721. The lowest BCUT2D eigenvalue weighted by molar-refractivity contribution is -0.148. The van der Waals surface area contributed by atoms with E-state index in [0.717, 1.165) is 25.7 Å².